The molecular formula is C24H20N2O2. The summed E-state index contributed by atoms with van der Waals surface area (Å²) in [6.07, 6.45) is 4.31. The van der Waals surface area contributed by atoms with E-state index in [1.165, 1.54) is 12.8 Å². The number of ketones is 1. The molecule has 4 heteroatoms. The van der Waals surface area contributed by atoms with E-state index in [-0.39, 0.29) is 0 Å². The van der Waals surface area contributed by atoms with Gasteiger partial charge < -0.3 is 9.88 Å². The summed E-state index contributed by atoms with van der Waals surface area (Å²) >= 11 is 0. The zero-order valence-electron chi connectivity index (χ0n) is 15.4. The quantitative estimate of drug-likeness (QED) is 0.397. The second kappa shape index (κ2) is 6.64. The molecule has 0 saturated heterocycles. The molecule has 0 bridgehead atoms. The highest BCUT2D eigenvalue weighted by molar-refractivity contribution is 6.48. The smallest absolute Gasteiger partial charge is 0.296 e. The van der Waals surface area contributed by atoms with Crippen LogP contribution in [0.2, 0.25) is 0 Å². The van der Waals surface area contributed by atoms with E-state index < -0.39 is 11.7 Å². The number of aromatic nitrogens is 1. The fraction of sp³-hybridized carbons (Fsp3) is 0.167. The molecule has 1 aliphatic rings. The molecule has 5 rings (SSSR count). The van der Waals surface area contributed by atoms with Crippen molar-refractivity contribution in [1.29, 1.82) is 0 Å². The largest absolute Gasteiger partial charge is 0.346 e. The summed E-state index contributed by atoms with van der Waals surface area (Å²) in [6.45, 7) is 0.902. The Bertz CT molecular complexity index is 1210. The van der Waals surface area contributed by atoms with Gasteiger partial charge in [-0.15, -0.1) is 0 Å². The summed E-state index contributed by atoms with van der Waals surface area (Å²) in [4.78, 5) is 25.8. The number of nitrogens with zero attached hydrogens (tertiary/aromatic N) is 1. The maximum Gasteiger partial charge on any atom is 0.296 e. The monoisotopic (exact) mass is 368 g/mol. The minimum Gasteiger partial charge on any atom is -0.346 e. The minimum atomic E-state index is -0.606. The van der Waals surface area contributed by atoms with Crippen LogP contribution >= 0.6 is 0 Å². The number of hydrogen-bond acceptors (Lipinski definition) is 2. The van der Waals surface area contributed by atoms with Crippen LogP contribution in [0.15, 0.2) is 72.9 Å². The van der Waals surface area contributed by atoms with Crippen molar-refractivity contribution in [1.82, 2.24) is 4.57 Å². The number of carbonyl (C=O) groups excluding carboxylic acids is 2. The van der Waals surface area contributed by atoms with Crippen LogP contribution in [-0.4, -0.2) is 16.3 Å². The highest BCUT2D eigenvalue weighted by Crippen LogP contribution is 2.33. The first-order chi connectivity index (χ1) is 13.7. The van der Waals surface area contributed by atoms with Gasteiger partial charge in [-0.2, -0.15) is 0 Å². The number of hydrogen-bond donors (Lipinski definition) is 1. The van der Waals surface area contributed by atoms with Crippen molar-refractivity contribution in [3.63, 3.8) is 0 Å². The van der Waals surface area contributed by atoms with Gasteiger partial charge in [-0.25, -0.2) is 0 Å². The number of para-hydroxylation sites is 1. The molecule has 1 heterocycles. The Balaban J connectivity index is 1.48. The van der Waals surface area contributed by atoms with E-state index in [1.54, 1.807) is 0 Å². The van der Waals surface area contributed by atoms with Crippen LogP contribution in [0, 0.1) is 5.92 Å². The summed E-state index contributed by atoms with van der Waals surface area (Å²) in [6, 6.07) is 21.3. The number of anilines is 1. The van der Waals surface area contributed by atoms with Gasteiger partial charge in [0.15, 0.2) is 0 Å². The minimum absolute atomic E-state index is 0.467. The molecule has 0 spiro atoms. The van der Waals surface area contributed by atoms with Gasteiger partial charge in [-0.1, -0.05) is 54.6 Å². The van der Waals surface area contributed by atoms with Crippen LogP contribution in [0.3, 0.4) is 0 Å². The number of benzene rings is 3. The van der Waals surface area contributed by atoms with Crippen molar-refractivity contribution in [2.45, 2.75) is 19.4 Å². The lowest BCUT2D eigenvalue weighted by Gasteiger charge is -2.08. The molecule has 1 N–H and O–H groups in total. The van der Waals surface area contributed by atoms with Gasteiger partial charge in [0.25, 0.3) is 11.7 Å². The van der Waals surface area contributed by atoms with Gasteiger partial charge in [-0.05, 0) is 36.3 Å². The third-order valence-corrected chi connectivity index (χ3v) is 5.43. The Morgan fingerprint density at radius 1 is 0.893 bits per heavy atom. The zero-order valence-corrected chi connectivity index (χ0v) is 15.4. The van der Waals surface area contributed by atoms with Crippen molar-refractivity contribution in [2.24, 2.45) is 5.92 Å². The summed E-state index contributed by atoms with van der Waals surface area (Å²) < 4.78 is 2.12. The highest BCUT2D eigenvalue weighted by Gasteiger charge is 2.26. The molecule has 0 unspecified atom stereocenters. The summed E-state index contributed by atoms with van der Waals surface area (Å²) in [7, 11) is 0. The predicted octanol–water partition coefficient (Wildman–Crippen LogP) is 5.03. The second-order valence-corrected chi connectivity index (χ2v) is 7.47. The Morgan fingerprint density at radius 3 is 2.43 bits per heavy atom. The first kappa shape index (κ1) is 16.8. The molecule has 28 heavy (non-hydrogen) atoms. The third kappa shape index (κ3) is 2.97. The average molecular weight is 368 g/mol. The van der Waals surface area contributed by atoms with E-state index >= 15 is 0 Å². The fourth-order valence-electron chi connectivity index (χ4n) is 3.79. The molecule has 138 valence electrons. The van der Waals surface area contributed by atoms with Crippen molar-refractivity contribution in [3.8, 4) is 0 Å². The van der Waals surface area contributed by atoms with Gasteiger partial charge in [-0.3, -0.25) is 9.59 Å². The number of rotatable bonds is 5. The molecule has 0 aliphatic heterocycles. The van der Waals surface area contributed by atoms with E-state index in [0.29, 0.717) is 17.2 Å². The van der Waals surface area contributed by atoms with Crippen LogP contribution in [-0.2, 0) is 11.3 Å². The van der Waals surface area contributed by atoms with Crippen LogP contribution in [0.25, 0.3) is 21.7 Å². The molecule has 1 saturated carbocycles. The predicted molar refractivity (Wildman–Crippen MR) is 112 cm³/mol. The van der Waals surface area contributed by atoms with Crippen LogP contribution in [0.4, 0.5) is 5.69 Å². The maximum atomic E-state index is 13.0. The van der Waals surface area contributed by atoms with Gasteiger partial charge >= 0.3 is 0 Å². The molecule has 1 aromatic heterocycles. The molecular weight excluding hydrogens is 348 g/mol. The number of Topliss-reactive ketones (excluding diaryl/α,β-unsaturated/α-hetero) is 1. The first-order valence-electron chi connectivity index (χ1n) is 9.62. The van der Waals surface area contributed by atoms with Crippen molar-refractivity contribution in [3.05, 3.63) is 78.5 Å². The van der Waals surface area contributed by atoms with Crippen molar-refractivity contribution in [2.75, 3.05) is 5.32 Å². The van der Waals surface area contributed by atoms with Gasteiger partial charge in [0, 0.05) is 34.7 Å². The lowest BCUT2D eigenvalue weighted by Crippen LogP contribution is -2.22. The lowest BCUT2D eigenvalue weighted by atomic mass is 10.1. The summed E-state index contributed by atoms with van der Waals surface area (Å²) in [5.74, 6) is -0.423. The second-order valence-electron chi connectivity index (χ2n) is 7.47. The van der Waals surface area contributed by atoms with E-state index in [9.17, 15) is 9.59 Å². The Hall–Kier alpha value is -3.40. The fourth-order valence-corrected chi connectivity index (χ4v) is 3.79. The van der Waals surface area contributed by atoms with Crippen LogP contribution in [0.5, 0.6) is 0 Å². The Morgan fingerprint density at radius 2 is 1.61 bits per heavy atom. The molecule has 0 atom stereocenters. The molecule has 1 aliphatic carbocycles. The number of amides is 1. The maximum absolute atomic E-state index is 13.0. The Labute approximate surface area is 162 Å². The van der Waals surface area contributed by atoms with E-state index in [4.69, 9.17) is 0 Å². The van der Waals surface area contributed by atoms with E-state index in [0.717, 1.165) is 28.2 Å². The lowest BCUT2D eigenvalue weighted by molar-refractivity contribution is -0.112. The van der Waals surface area contributed by atoms with Crippen molar-refractivity contribution >= 4 is 39.1 Å². The molecule has 0 radical (unpaired) electrons. The highest BCUT2D eigenvalue weighted by atomic mass is 16.2. The molecule has 1 amide bonds. The normalized spacial score (nSPS) is 13.7. The molecule has 3 aromatic carbocycles. The zero-order chi connectivity index (χ0) is 19.1. The Kier molecular flexibility index (Phi) is 3.97. The van der Waals surface area contributed by atoms with Gasteiger partial charge in [0.05, 0.1) is 5.56 Å². The number of nitrogens with one attached hydrogen (secondary N) is 1. The average Bonchev–Trinajstić information content (AvgIpc) is 3.48. The first-order valence-corrected chi connectivity index (χ1v) is 9.62. The third-order valence-electron chi connectivity index (χ3n) is 5.43. The summed E-state index contributed by atoms with van der Waals surface area (Å²) in [5, 5.41) is 5.59. The standard InChI is InChI=1S/C24H20N2O2/c27-23(24(28)25-21-10-5-7-17-6-1-2-8-18(17)21)20-15-26(14-16-12-13-16)22-11-4-3-9-19(20)22/h1-11,15-16H,12-14H2,(H,25,28). The molecule has 4 aromatic rings. The topological polar surface area (TPSA) is 51.1 Å². The van der Waals surface area contributed by atoms with Crippen LogP contribution < -0.4 is 5.32 Å². The van der Waals surface area contributed by atoms with E-state index in [1.807, 2.05) is 72.9 Å². The van der Waals surface area contributed by atoms with E-state index in [2.05, 4.69) is 9.88 Å². The number of carbonyl (C=O) groups is 2. The van der Waals surface area contributed by atoms with Crippen molar-refractivity contribution < 1.29 is 9.59 Å². The van der Waals surface area contributed by atoms with Crippen LogP contribution in [0.1, 0.15) is 23.2 Å². The SMILES string of the molecule is O=C(Nc1cccc2ccccc12)C(=O)c1cn(CC2CC2)c2ccccc12. The number of fused-ring (bicyclic) bond motifs is 2. The van der Waals surface area contributed by atoms with Gasteiger partial charge in [0.2, 0.25) is 0 Å². The summed E-state index contributed by atoms with van der Waals surface area (Å²) in [5.41, 5.74) is 2.13. The molecule has 1 fully saturated rings. The molecule has 4 nitrogen and oxygen atoms in total. The van der Waals surface area contributed by atoms with Gasteiger partial charge in [0.1, 0.15) is 0 Å².